The number of amides is 1. The maximum atomic E-state index is 11.9. The third kappa shape index (κ3) is 3.78. The zero-order valence-electron chi connectivity index (χ0n) is 10.3. The zero-order valence-corrected chi connectivity index (χ0v) is 11.2. The largest absolute Gasteiger partial charge is 0.395 e. The Labute approximate surface area is 118 Å². The number of carbonyl (C=O) groups excluding carboxylic acids is 1. The molecular weight excluding hydrogens is 278 g/mol. The van der Waals surface area contributed by atoms with Crippen molar-refractivity contribution in [3.05, 3.63) is 45.3 Å². The summed E-state index contributed by atoms with van der Waals surface area (Å²) in [7, 11) is 0. The Morgan fingerprint density at radius 3 is 3.10 bits per heavy atom. The van der Waals surface area contributed by atoms with Gasteiger partial charge in [-0.25, -0.2) is 4.98 Å². The predicted octanol–water partition coefficient (Wildman–Crippen LogP) is 0.818. The number of H-pyrrole nitrogens is 1. The van der Waals surface area contributed by atoms with E-state index in [0.717, 1.165) is 0 Å². The number of pyridine rings is 1. The van der Waals surface area contributed by atoms with E-state index in [1.807, 2.05) is 0 Å². The lowest BCUT2D eigenvalue weighted by molar-refractivity contribution is 0.102. The summed E-state index contributed by atoms with van der Waals surface area (Å²) in [6.45, 7) is 0.0107. The Kier molecular flexibility index (Phi) is 4.65. The zero-order chi connectivity index (χ0) is 14.4. The van der Waals surface area contributed by atoms with Crippen molar-refractivity contribution in [2.24, 2.45) is 0 Å². The molecule has 1 amide bonds. The summed E-state index contributed by atoms with van der Waals surface area (Å²) in [5.41, 5.74) is -0.173. The number of rotatable bonds is 3. The van der Waals surface area contributed by atoms with Crippen molar-refractivity contribution in [2.75, 3.05) is 11.9 Å². The second kappa shape index (κ2) is 6.65. The molecule has 0 aliphatic heterocycles. The fourth-order valence-corrected chi connectivity index (χ4v) is 2.03. The minimum Gasteiger partial charge on any atom is -0.395 e. The highest BCUT2D eigenvalue weighted by atomic mass is 32.1. The molecule has 0 aromatic carbocycles. The van der Waals surface area contributed by atoms with Crippen LogP contribution in [0, 0.1) is 11.8 Å². The molecule has 0 unspecified atom stereocenters. The first-order valence-electron chi connectivity index (χ1n) is 5.75. The molecule has 102 valence electrons. The lowest BCUT2D eigenvalue weighted by Crippen LogP contribution is -2.17. The van der Waals surface area contributed by atoms with Crippen LogP contribution in [0.4, 0.5) is 5.13 Å². The summed E-state index contributed by atoms with van der Waals surface area (Å²) in [4.78, 5) is 30.1. The lowest BCUT2D eigenvalue weighted by atomic mass is 10.3. The van der Waals surface area contributed by atoms with Gasteiger partial charge in [0, 0.05) is 12.5 Å². The Hall–Kier alpha value is -2.43. The van der Waals surface area contributed by atoms with E-state index in [1.54, 1.807) is 6.20 Å². The van der Waals surface area contributed by atoms with E-state index < -0.39 is 5.91 Å². The minimum atomic E-state index is -0.438. The average Bonchev–Trinajstić information content (AvgIpc) is 2.86. The molecule has 2 rings (SSSR count). The van der Waals surface area contributed by atoms with Gasteiger partial charge in [0.15, 0.2) is 5.13 Å². The Morgan fingerprint density at radius 2 is 2.35 bits per heavy atom. The predicted molar refractivity (Wildman–Crippen MR) is 75.7 cm³/mol. The Morgan fingerprint density at radius 1 is 1.50 bits per heavy atom. The highest BCUT2D eigenvalue weighted by Crippen LogP contribution is 2.17. The van der Waals surface area contributed by atoms with Crippen LogP contribution in [-0.4, -0.2) is 27.6 Å². The molecule has 0 radical (unpaired) electrons. The maximum Gasteiger partial charge on any atom is 0.273 e. The second-order valence-electron chi connectivity index (χ2n) is 3.69. The molecule has 2 aromatic heterocycles. The number of anilines is 1. The molecule has 0 fully saturated rings. The number of aromatic nitrogens is 2. The third-order valence-corrected chi connectivity index (χ3v) is 3.02. The van der Waals surface area contributed by atoms with Crippen LogP contribution in [0.25, 0.3) is 0 Å². The van der Waals surface area contributed by atoms with Crippen LogP contribution in [0.3, 0.4) is 0 Å². The summed E-state index contributed by atoms with van der Waals surface area (Å²) < 4.78 is 0. The van der Waals surface area contributed by atoms with E-state index in [-0.39, 0.29) is 17.9 Å². The molecule has 2 aromatic rings. The van der Waals surface area contributed by atoms with Gasteiger partial charge in [-0.05, 0) is 6.07 Å². The van der Waals surface area contributed by atoms with Crippen LogP contribution in [0.2, 0.25) is 0 Å². The van der Waals surface area contributed by atoms with E-state index in [1.165, 1.54) is 29.5 Å². The highest BCUT2D eigenvalue weighted by Gasteiger charge is 2.09. The molecule has 0 aliphatic carbocycles. The van der Waals surface area contributed by atoms with Gasteiger partial charge >= 0.3 is 0 Å². The monoisotopic (exact) mass is 289 g/mol. The van der Waals surface area contributed by atoms with Crippen LogP contribution >= 0.6 is 11.3 Å². The van der Waals surface area contributed by atoms with Crippen molar-refractivity contribution in [2.45, 2.75) is 6.42 Å². The number of thiazole rings is 1. The molecule has 0 saturated carbocycles. The number of aliphatic hydroxyl groups is 1. The Balaban J connectivity index is 2.06. The molecular formula is C13H11N3O3S. The van der Waals surface area contributed by atoms with Gasteiger partial charge in [-0.15, -0.1) is 0 Å². The van der Waals surface area contributed by atoms with Crippen LogP contribution in [0.5, 0.6) is 0 Å². The van der Waals surface area contributed by atoms with E-state index in [0.29, 0.717) is 16.4 Å². The number of nitrogens with zero attached hydrogens (tertiary/aromatic N) is 1. The second-order valence-corrected chi connectivity index (χ2v) is 4.72. The van der Waals surface area contributed by atoms with Crippen molar-refractivity contribution in [3.63, 3.8) is 0 Å². The van der Waals surface area contributed by atoms with Crippen LogP contribution in [-0.2, 0) is 0 Å². The van der Waals surface area contributed by atoms with Crippen molar-refractivity contribution in [1.29, 1.82) is 0 Å². The fraction of sp³-hybridized carbons (Fsp3) is 0.154. The van der Waals surface area contributed by atoms with Gasteiger partial charge in [0.05, 0.1) is 17.7 Å². The SMILES string of the molecule is O=C(Nc1ncc(C#CCCO)s1)c1cccc(=O)[nH]1. The van der Waals surface area contributed by atoms with Crippen LogP contribution in [0.15, 0.2) is 29.2 Å². The molecule has 6 nitrogen and oxygen atoms in total. The van der Waals surface area contributed by atoms with Crippen LogP contribution in [0.1, 0.15) is 21.8 Å². The van der Waals surface area contributed by atoms with Gasteiger partial charge in [-0.1, -0.05) is 29.2 Å². The maximum absolute atomic E-state index is 11.9. The molecule has 0 bridgehead atoms. The van der Waals surface area contributed by atoms with Crippen LogP contribution < -0.4 is 10.9 Å². The average molecular weight is 289 g/mol. The molecule has 20 heavy (non-hydrogen) atoms. The molecule has 2 heterocycles. The highest BCUT2D eigenvalue weighted by molar-refractivity contribution is 7.16. The van der Waals surface area contributed by atoms with Gasteiger partial charge in [-0.2, -0.15) is 0 Å². The van der Waals surface area contributed by atoms with Gasteiger partial charge in [0.1, 0.15) is 5.69 Å². The van der Waals surface area contributed by atoms with E-state index >= 15 is 0 Å². The summed E-state index contributed by atoms with van der Waals surface area (Å²) in [5.74, 6) is 5.15. The fourth-order valence-electron chi connectivity index (χ4n) is 1.34. The van der Waals surface area contributed by atoms with Gasteiger partial charge in [-0.3, -0.25) is 14.9 Å². The number of hydrogen-bond acceptors (Lipinski definition) is 5. The quantitative estimate of drug-likeness (QED) is 0.729. The molecule has 0 aliphatic rings. The number of aromatic amines is 1. The van der Waals surface area contributed by atoms with E-state index in [9.17, 15) is 9.59 Å². The lowest BCUT2D eigenvalue weighted by Gasteiger charge is -2.00. The first-order chi connectivity index (χ1) is 9.69. The standard InChI is InChI=1S/C13H11N3O3S/c17-7-2-1-4-9-8-14-13(20-9)16-12(19)10-5-3-6-11(18)15-10/h3,5-6,8,17H,2,7H2,(H,15,18)(H,14,16,19). The summed E-state index contributed by atoms with van der Waals surface area (Å²) in [5, 5.41) is 11.6. The third-order valence-electron chi connectivity index (χ3n) is 2.19. The normalized spacial score (nSPS) is 9.65. The van der Waals surface area contributed by atoms with Gasteiger partial charge in [0.2, 0.25) is 5.56 Å². The number of carbonyl (C=O) groups is 1. The van der Waals surface area contributed by atoms with Crippen molar-refractivity contribution >= 4 is 22.4 Å². The van der Waals surface area contributed by atoms with E-state index in [2.05, 4.69) is 27.1 Å². The number of nitrogens with one attached hydrogen (secondary N) is 2. The number of aliphatic hydroxyl groups excluding tert-OH is 1. The molecule has 0 spiro atoms. The first kappa shape index (κ1) is 14.0. The first-order valence-corrected chi connectivity index (χ1v) is 6.57. The minimum absolute atomic E-state index is 0.0107. The smallest absolute Gasteiger partial charge is 0.273 e. The molecule has 0 atom stereocenters. The van der Waals surface area contributed by atoms with Gasteiger partial charge in [0.25, 0.3) is 5.91 Å². The summed E-state index contributed by atoms with van der Waals surface area (Å²) >= 11 is 1.22. The van der Waals surface area contributed by atoms with Crippen molar-refractivity contribution < 1.29 is 9.90 Å². The van der Waals surface area contributed by atoms with Crippen molar-refractivity contribution in [1.82, 2.24) is 9.97 Å². The number of hydrogen-bond donors (Lipinski definition) is 3. The molecule has 0 saturated heterocycles. The van der Waals surface area contributed by atoms with Gasteiger partial charge < -0.3 is 10.1 Å². The Bertz CT molecular complexity index is 724. The van der Waals surface area contributed by atoms with Crippen molar-refractivity contribution in [3.8, 4) is 11.8 Å². The summed E-state index contributed by atoms with van der Waals surface area (Å²) in [6.07, 6.45) is 1.93. The summed E-state index contributed by atoms with van der Waals surface area (Å²) in [6, 6.07) is 4.34. The topological polar surface area (TPSA) is 95.1 Å². The molecule has 7 heteroatoms. The molecule has 3 N–H and O–H groups in total. The van der Waals surface area contributed by atoms with E-state index in [4.69, 9.17) is 5.11 Å².